The second kappa shape index (κ2) is 10.7. The van der Waals surface area contributed by atoms with Crippen molar-refractivity contribution in [3.8, 4) is 6.07 Å². The highest BCUT2D eigenvalue weighted by Gasteiger charge is 2.68. The molecule has 2 bridgehead atoms. The number of nitriles is 1. The van der Waals surface area contributed by atoms with E-state index in [4.69, 9.17) is 0 Å². The fourth-order valence-electron chi connectivity index (χ4n) is 8.19. The Hall–Kier alpha value is -4.15. The minimum Gasteiger partial charge on any atom is -0.377 e. The zero-order valence-corrected chi connectivity index (χ0v) is 26.2. The van der Waals surface area contributed by atoms with Crippen molar-refractivity contribution in [3.63, 3.8) is 0 Å². The smallest absolute Gasteiger partial charge is 0.377 e. The molecule has 1 saturated heterocycles. The van der Waals surface area contributed by atoms with Gasteiger partial charge in [-0.25, -0.2) is 9.97 Å². The number of hydrogen-bond acceptors (Lipinski definition) is 8. The van der Waals surface area contributed by atoms with Gasteiger partial charge in [-0.3, -0.25) is 10.00 Å². The fraction of sp³-hybridized carbons (Fsp3) is 0.455. The van der Waals surface area contributed by atoms with Crippen LogP contribution in [0.3, 0.4) is 0 Å². The first-order chi connectivity index (χ1) is 22.1. The summed E-state index contributed by atoms with van der Waals surface area (Å²) in [5, 5.41) is 25.9. The van der Waals surface area contributed by atoms with Gasteiger partial charge in [0, 0.05) is 59.7 Å². The molecule has 4 aromatic heterocycles. The first-order valence-electron chi connectivity index (χ1n) is 15.7. The lowest BCUT2D eigenvalue weighted by Crippen LogP contribution is -2.72. The van der Waals surface area contributed by atoms with E-state index in [-0.39, 0.29) is 21.9 Å². The van der Waals surface area contributed by atoms with Crippen LogP contribution in [0.2, 0.25) is 0 Å². The van der Waals surface area contributed by atoms with Crippen molar-refractivity contribution in [2.45, 2.75) is 76.3 Å². The summed E-state index contributed by atoms with van der Waals surface area (Å²) in [4.78, 5) is 11.8. The highest BCUT2D eigenvalue weighted by atomic mass is 32.1. The highest BCUT2D eigenvalue weighted by Crippen LogP contribution is 2.69. The van der Waals surface area contributed by atoms with E-state index in [1.165, 1.54) is 17.5 Å². The van der Waals surface area contributed by atoms with Crippen LogP contribution in [0.4, 0.5) is 24.7 Å². The molecule has 238 valence electrons. The van der Waals surface area contributed by atoms with E-state index in [0.717, 1.165) is 91.9 Å². The van der Waals surface area contributed by atoms with Gasteiger partial charge in [0.15, 0.2) is 0 Å². The number of hydrogen-bond donors (Lipinski definition) is 3. The summed E-state index contributed by atoms with van der Waals surface area (Å²) >= 11 is 1.07. The number of aromatic nitrogens is 5. The molecule has 4 aliphatic rings. The van der Waals surface area contributed by atoms with Gasteiger partial charge in [0.25, 0.3) is 0 Å². The summed E-state index contributed by atoms with van der Waals surface area (Å²) in [7, 11) is 0. The van der Waals surface area contributed by atoms with E-state index >= 15 is 0 Å². The van der Waals surface area contributed by atoms with Crippen molar-refractivity contribution >= 4 is 44.0 Å². The van der Waals surface area contributed by atoms with E-state index in [1.54, 1.807) is 6.07 Å². The second-order valence-corrected chi connectivity index (χ2v) is 14.7. The number of halogens is 3. The van der Waals surface area contributed by atoms with Crippen molar-refractivity contribution in [2.24, 2.45) is 5.41 Å². The minimum absolute atomic E-state index is 0.163. The lowest BCUT2D eigenvalue weighted by atomic mass is 9.39. The van der Waals surface area contributed by atoms with Crippen molar-refractivity contribution in [1.82, 2.24) is 29.6 Å². The summed E-state index contributed by atoms with van der Waals surface area (Å²) in [5.74, 6) is 0.607. The molecule has 0 atom stereocenters. The van der Waals surface area contributed by atoms with Crippen molar-refractivity contribution < 1.29 is 13.2 Å². The fourth-order valence-corrected chi connectivity index (χ4v) is 9.22. The maximum Gasteiger partial charge on any atom is 0.393 e. The molecule has 9 rings (SSSR count). The number of anilines is 2. The Labute approximate surface area is 267 Å². The van der Waals surface area contributed by atoms with Gasteiger partial charge in [0.1, 0.15) is 28.7 Å². The average molecular weight is 646 g/mol. The monoisotopic (exact) mass is 645 g/mol. The van der Waals surface area contributed by atoms with Crippen LogP contribution < -0.4 is 10.6 Å². The molecule has 0 spiro atoms. The Morgan fingerprint density at radius 2 is 1.93 bits per heavy atom. The molecular weight excluding hydrogens is 611 g/mol. The SMILES string of the molecule is Cc1c(CN2CCC(Nc3ncnc4sc(CC(F)(F)F)cc34)CC2)ccc2c1cc(C#N)n2CC12CC(Nc3cn[nH]c3)(C1)C2. The summed E-state index contributed by atoms with van der Waals surface area (Å²) < 4.78 is 41.1. The summed E-state index contributed by atoms with van der Waals surface area (Å²) in [5.41, 5.74) is 5.78. The number of fused-ring (bicyclic) bond motifs is 2. The number of thiophene rings is 1. The largest absolute Gasteiger partial charge is 0.393 e. The topological polar surface area (TPSA) is 110 Å². The van der Waals surface area contributed by atoms with Crippen LogP contribution in [0.1, 0.15) is 53.8 Å². The van der Waals surface area contributed by atoms with E-state index < -0.39 is 12.6 Å². The Kier molecular flexibility index (Phi) is 6.81. The normalized spacial score (nSPS) is 23.3. The van der Waals surface area contributed by atoms with E-state index in [2.05, 4.69) is 71.5 Å². The number of nitrogens with zero attached hydrogens (tertiary/aromatic N) is 6. The van der Waals surface area contributed by atoms with Crippen LogP contribution in [-0.4, -0.2) is 60.5 Å². The van der Waals surface area contributed by atoms with Crippen LogP contribution >= 0.6 is 11.3 Å². The van der Waals surface area contributed by atoms with E-state index in [9.17, 15) is 18.4 Å². The summed E-state index contributed by atoms with van der Waals surface area (Å²) in [6.07, 6.45) is 5.05. The first kappa shape index (κ1) is 29.3. The molecule has 0 radical (unpaired) electrons. The number of rotatable bonds is 9. The lowest BCUT2D eigenvalue weighted by Gasteiger charge is -2.71. The van der Waals surface area contributed by atoms with Crippen LogP contribution in [0.25, 0.3) is 21.1 Å². The molecule has 13 heteroatoms. The summed E-state index contributed by atoms with van der Waals surface area (Å²) in [6, 6.07) is 10.7. The third kappa shape index (κ3) is 5.27. The number of aryl methyl sites for hydroxylation is 1. The Balaban J connectivity index is 0.908. The van der Waals surface area contributed by atoms with Gasteiger partial charge in [0.05, 0.1) is 23.7 Å². The van der Waals surface area contributed by atoms with Gasteiger partial charge >= 0.3 is 6.18 Å². The van der Waals surface area contributed by atoms with Gasteiger partial charge in [-0.1, -0.05) is 6.07 Å². The number of piperidine rings is 1. The quantitative estimate of drug-likeness (QED) is 0.162. The Morgan fingerprint density at radius 1 is 1.13 bits per heavy atom. The van der Waals surface area contributed by atoms with Crippen molar-refractivity contribution in [2.75, 3.05) is 23.7 Å². The van der Waals surface area contributed by atoms with Crippen LogP contribution in [-0.2, 0) is 19.5 Å². The van der Waals surface area contributed by atoms with Gasteiger partial charge < -0.3 is 15.2 Å². The molecule has 9 nitrogen and oxygen atoms in total. The molecule has 3 saturated carbocycles. The van der Waals surface area contributed by atoms with E-state index in [0.29, 0.717) is 16.0 Å². The highest BCUT2D eigenvalue weighted by molar-refractivity contribution is 7.18. The number of benzene rings is 1. The predicted molar refractivity (Wildman–Crippen MR) is 172 cm³/mol. The maximum atomic E-state index is 12.9. The number of nitrogens with one attached hydrogen (secondary N) is 3. The molecule has 0 amide bonds. The van der Waals surface area contributed by atoms with Crippen LogP contribution in [0.5, 0.6) is 0 Å². The molecule has 4 fully saturated rings. The zero-order chi connectivity index (χ0) is 31.7. The zero-order valence-electron chi connectivity index (χ0n) is 25.4. The summed E-state index contributed by atoms with van der Waals surface area (Å²) in [6.45, 7) is 5.65. The molecule has 3 N–H and O–H groups in total. The number of likely N-dealkylation sites (tertiary alicyclic amines) is 1. The van der Waals surface area contributed by atoms with Crippen LogP contribution in [0, 0.1) is 23.7 Å². The molecular formula is C33H34F3N9S. The van der Waals surface area contributed by atoms with E-state index in [1.807, 2.05) is 12.4 Å². The third-order valence-electron chi connectivity index (χ3n) is 10.2. The van der Waals surface area contributed by atoms with Crippen molar-refractivity contribution in [3.05, 3.63) is 64.7 Å². The maximum absolute atomic E-state index is 12.9. The molecule has 46 heavy (non-hydrogen) atoms. The lowest BCUT2D eigenvalue weighted by molar-refractivity contribution is -0.127. The van der Waals surface area contributed by atoms with Gasteiger partial charge in [-0.05, 0) is 73.8 Å². The second-order valence-electron chi connectivity index (χ2n) is 13.6. The molecule has 0 unspecified atom stereocenters. The number of aromatic amines is 1. The number of alkyl halides is 3. The van der Waals surface area contributed by atoms with Gasteiger partial charge in [0.2, 0.25) is 0 Å². The third-order valence-corrected chi connectivity index (χ3v) is 11.2. The average Bonchev–Trinajstić information content (AvgIpc) is 3.72. The molecule has 1 aromatic carbocycles. The van der Waals surface area contributed by atoms with Gasteiger partial charge in [-0.2, -0.15) is 23.5 Å². The minimum atomic E-state index is -4.25. The molecule has 3 aliphatic carbocycles. The van der Waals surface area contributed by atoms with Crippen LogP contribution in [0.15, 0.2) is 43.0 Å². The molecule has 5 aromatic rings. The molecule has 5 heterocycles. The van der Waals surface area contributed by atoms with Gasteiger partial charge in [-0.15, -0.1) is 11.3 Å². The Bertz CT molecular complexity index is 1940. The standard InChI is InChI=1S/C33H34F3N9S/c1-20-21(14-44-6-4-22(5-7-44)42-29-27-9-25(10-33(34,35)36)46-30(27)39-19-38-29)2-3-28-26(20)8-24(11-37)45(28)18-31-15-32(16-31,17-31)43-23-12-40-41-13-23/h2-3,8-9,12-13,19,22,43H,4-7,10,14-18H2,1H3,(H,40,41)(H,38,39,42). The predicted octanol–water partition coefficient (Wildman–Crippen LogP) is 6.77. The molecule has 1 aliphatic heterocycles. The number of H-pyrrole nitrogens is 1. The van der Waals surface area contributed by atoms with Crippen molar-refractivity contribution in [1.29, 1.82) is 5.26 Å². The Morgan fingerprint density at radius 3 is 2.65 bits per heavy atom. The first-order valence-corrected chi connectivity index (χ1v) is 16.5.